The molecule has 4 heteroatoms. The molecule has 0 bridgehead atoms. The lowest BCUT2D eigenvalue weighted by molar-refractivity contribution is 0.423. The van der Waals surface area contributed by atoms with Gasteiger partial charge in [-0.15, -0.1) is 0 Å². The molecule has 0 aliphatic carbocycles. The first kappa shape index (κ1) is 11.0. The van der Waals surface area contributed by atoms with Crippen LogP contribution < -0.4 is 5.32 Å². The molecule has 1 aliphatic heterocycles. The highest BCUT2D eigenvalue weighted by Gasteiger charge is 2.20. The Kier molecular flexibility index (Phi) is 3.25. The van der Waals surface area contributed by atoms with Crippen LogP contribution in [0.25, 0.3) is 0 Å². The van der Waals surface area contributed by atoms with Crippen molar-refractivity contribution in [3.63, 3.8) is 0 Å². The maximum absolute atomic E-state index is 4.48. The third kappa shape index (κ3) is 2.42. The van der Waals surface area contributed by atoms with E-state index in [2.05, 4.69) is 37.9 Å². The Bertz CT molecular complexity index is 461. The second-order valence-corrected chi connectivity index (χ2v) is 5.36. The highest BCUT2D eigenvalue weighted by Crippen LogP contribution is 2.24. The summed E-state index contributed by atoms with van der Waals surface area (Å²) in [5.74, 6) is 1.84. The van der Waals surface area contributed by atoms with Crippen LogP contribution in [-0.4, -0.2) is 16.1 Å². The normalized spacial score (nSPS) is 19.2. The van der Waals surface area contributed by atoms with Crippen LogP contribution in [0, 0.1) is 0 Å². The minimum Gasteiger partial charge on any atom is -0.335 e. The van der Waals surface area contributed by atoms with E-state index in [0.717, 1.165) is 19.6 Å². The van der Waals surface area contributed by atoms with Crippen molar-refractivity contribution in [3.05, 3.63) is 40.6 Å². The van der Waals surface area contributed by atoms with Crippen molar-refractivity contribution in [1.82, 2.24) is 14.9 Å². The van der Waals surface area contributed by atoms with Crippen LogP contribution in [0.3, 0.4) is 0 Å². The van der Waals surface area contributed by atoms with Gasteiger partial charge in [-0.1, -0.05) is 0 Å². The summed E-state index contributed by atoms with van der Waals surface area (Å²) in [6.45, 7) is 3.14. The number of fused-ring (bicyclic) bond motifs is 1. The number of thiophene rings is 1. The quantitative estimate of drug-likeness (QED) is 0.900. The van der Waals surface area contributed by atoms with Gasteiger partial charge in [0.05, 0.1) is 0 Å². The van der Waals surface area contributed by atoms with Gasteiger partial charge in [-0.3, -0.25) is 0 Å². The minimum absolute atomic E-state index is 0.581. The topological polar surface area (TPSA) is 29.9 Å². The summed E-state index contributed by atoms with van der Waals surface area (Å²) in [5.41, 5.74) is 1.38. The van der Waals surface area contributed by atoms with E-state index in [1.165, 1.54) is 24.2 Å². The maximum atomic E-state index is 4.48. The third-order valence-corrected chi connectivity index (χ3v) is 4.10. The first-order valence-electron chi connectivity index (χ1n) is 6.16. The molecular weight excluding hydrogens is 230 g/mol. The summed E-state index contributed by atoms with van der Waals surface area (Å²) in [5, 5.41) is 7.87. The lowest BCUT2D eigenvalue weighted by atomic mass is 9.99. The zero-order valence-electron chi connectivity index (χ0n) is 9.80. The molecule has 1 N–H and O–H groups in total. The van der Waals surface area contributed by atoms with Gasteiger partial charge < -0.3 is 9.88 Å². The number of nitrogens with zero attached hydrogens (tertiary/aromatic N) is 2. The second kappa shape index (κ2) is 5.02. The van der Waals surface area contributed by atoms with Gasteiger partial charge in [-0.05, 0) is 35.2 Å². The standard InChI is InChI=1S/C13H17N3S/c1-2-12(13-15-4-6-16(13)5-1)9-14-8-11-3-7-17-10-11/h3-4,6-7,10,12,14H,1-2,5,8-9H2/t12-/m0/s1. The fraction of sp³-hybridized carbons (Fsp3) is 0.462. The number of aryl methyl sites for hydroxylation is 1. The molecule has 0 amide bonds. The molecule has 3 rings (SSSR count). The summed E-state index contributed by atoms with van der Waals surface area (Å²) in [4.78, 5) is 4.48. The van der Waals surface area contributed by atoms with Crippen LogP contribution >= 0.6 is 11.3 Å². The largest absolute Gasteiger partial charge is 0.335 e. The molecule has 0 radical (unpaired) electrons. The van der Waals surface area contributed by atoms with Gasteiger partial charge in [-0.2, -0.15) is 11.3 Å². The Balaban J connectivity index is 1.57. The molecule has 2 aromatic heterocycles. The van der Waals surface area contributed by atoms with Crippen LogP contribution in [0.15, 0.2) is 29.2 Å². The molecule has 0 spiro atoms. The Hall–Kier alpha value is -1.13. The van der Waals surface area contributed by atoms with Crippen LogP contribution in [0.4, 0.5) is 0 Å². The van der Waals surface area contributed by atoms with Crippen molar-refractivity contribution in [2.45, 2.75) is 31.8 Å². The van der Waals surface area contributed by atoms with Crippen LogP contribution in [0.5, 0.6) is 0 Å². The van der Waals surface area contributed by atoms with Gasteiger partial charge in [-0.25, -0.2) is 4.98 Å². The van der Waals surface area contributed by atoms with Gasteiger partial charge in [0.25, 0.3) is 0 Å². The van der Waals surface area contributed by atoms with Crippen molar-refractivity contribution in [2.24, 2.45) is 0 Å². The molecule has 0 saturated heterocycles. The predicted molar refractivity (Wildman–Crippen MR) is 70.2 cm³/mol. The molecule has 3 nitrogen and oxygen atoms in total. The van der Waals surface area contributed by atoms with Gasteiger partial charge in [0.2, 0.25) is 0 Å². The Morgan fingerprint density at radius 2 is 2.53 bits per heavy atom. The number of hydrogen-bond acceptors (Lipinski definition) is 3. The third-order valence-electron chi connectivity index (χ3n) is 3.36. The van der Waals surface area contributed by atoms with E-state index in [9.17, 15) is 0 Å². The van der Waals surface area contributed by atoms with E-state index >= 15 is 0 Å². The lowest BCUT2D eigenvalue weighted by Crippen LogP contribution is -2.26. The van der Waals surface area contributed by atoms with Gasteiger partial charge in [0.1, 0.15) is 5.82 Å². The average Bonchev–Trinajstić information content (AvgIpc) is 2.99. The maximum Gasteiger partial charge on any atom is 0.113 e. The van der Waals surface area contributed by atoms with E-state index in [1.807, 2.05) is 6.20 Å². The van der Waals surface area contributed by atoms with E-state index < -0.39 is 0 Å². The summed E-state index contributed by atoms with van der Waals surface area (Å²) in [6.07, 6.45) is 6.55. The van der Waals surface area contributed by atoms with E-state index in [4.69, 9.17) is 0 Å². The molecule has 1 atom stereocenters. The molecule has 3 heterocycles. The number of hydrogen-bond donors (Lipinski definition) is 1. The Morgan fingerprint density at radius 3 is 3.41 bits per heavy atom. The molecule has 0 fully saturated rings. The van der Waals surface area contributed by atoms with Gasteiger partial charge in [0.15, 0.2) is 0 Å². The molecule has 1 aliphatic rings. The first-order chi connectivity index (χ1) is 8.43. The molecule has 2 aromatic rings. The van der Waals surface area contributed by atoms with Crippen molar-refractivity contribution < 1.29 is 0 Å². The molecule has 0 saturated carbocycles. The lowest BCUT2D eigenvalue weighted by Gasteiger charge is -2.23. The predicted octanol–water partition coefficient (Wildman–Crippen LogP) is 2.61. The fourth-order valence-corrected chi connectivity index (χ4v) is 3.15. The van der Waals surface area contributed by atoms with Crippen LogP contribution in [0.2, 0.25) is 0 Å². The molecular formula is C13H17N3S. The SMILES string of the molecule is c1cn2c(n1)[C@H](CNCc1ccsc1)CCC2. The molecule has 0 unspecified atom stereocenters. The molecule has 0 aromatic carbocycles. The Morgan fingerprint density at radius 1 is 1.53 bits per heavy atom. The monoisotopic (exact) mass is 247 g/mol. The Labute approximate surface area is 106 Å². The van der Waals surface area contributed by atoms with Crippen LogP contribution in [0.1, 0.15) is 30.1 Å². The smallest absolute Gasteiger partial charge is 0.113 e. The van der Waals surface area contributed by atoms with Crippen LogP contribution in [-0.2, 0) is 13.1 Å². The van der Waals surface area contributed by atoms with Gasteiger partial charge in [0, 0.05) is 37.9 Å². The summed E-state index contributed by atoms with van der Waals surface area (Å²) < 4.78 is 2.29. The number of rotatable bonds is 4. The average molecular weight is 247 g/mol. The molecule has 17 heavy (non-hydrogen) atoms. The summed E-state index contributed by atoms with van der Waals surface area (Å²) in [6, 6.07) is 2.18. The number of aromatic nitrogens is 2. The number of imidazole rings is 1. The number of nitrogens with one attached hydrogen (secondary N) is 1. The zero-order chi connectivity index (χ0) is 11.5. The van der Waals surface area contributed by atoms with E-state index in [-0.39, 0.29) is 0 Å². The van der Waals surface area contributed by atoms with Gasteiger partial charge >= 0.3 is 0 Å². The van der Waals surface area contributed by atoms with E-state index in [0.29, 0.717) is 5.92 Å². The highest BCUT2D eigenvalue weighted by molar-refractivity contribution is 7.07. The summed E-state index contributed by atoms with van der Waals surface area (Å²) in [7, 11) is 0. The van der Waals surface area contributed by atoms with Crippen molar-refractivity contribution in [2.75, 3.05) is 6.54 Å². The fourth-order valence-electron chi connectivity index (χ4n) is 2.48. The highest BCUT2D eigenvalue weighted by atomic mass is 32.1. The van der Waals surface area contributed by atoms with Crippen molar-refractivity contribution in [1.29, 1.82) is 0 Å². The van der Waals surface area contributed by atoms with E-state index in [1.54, 1.807) is 11.3 Å². The van der Waals surface area contributed by atoms with Crippen molar-refractivity contribution >= 4 is 11.3 Å². The zero-order valence-corrected chi connectivity index (χ0v) is 10.6. The molecule has 90 valence electrons. The minimum atomic E-state index is 0.581. The first-order valence-corrected chi connectivity index (χ1v) is 7.10. The van der Waals surface area contributed by atoms with Crippen molar-refractivity contribution in [3.8, 4) is 0 Å². The summed E-state index contributed by atoms with van der Waals surface area (Å²) >= 11 is 1.76. The second-order valence-electron chi connectivity index (χ2n) is 4.58.